The summed E-state index contributed by atoms with van der Waals surface area (Å²) in [4.78, 5) is 20.2. The number of ether oxygens (including phenoxy) is 2. The Morgan fingerprint density at radius 2 is 2.07 bits per heavy atom. The van der Waals surface area contributed by atoms with E-state index in [4.69, 9.17) is 5.11 Å². The van der Waals surface area contributed by atoms with Gasteiger partial charge < -0.3 is 14.6 Å². The maximum absolute atomic E-state index is 10.6. The van der Waals surface area contributed by atoms with Gasteiger partial charge in [0.15, 0.2) is 0 Å². The first-order valence-corrected chi connectivity index (χ1v) is 4.33. The van der Waals surface area contributed by atoms with E-state index in [9.17, 15) is 9.59 Å². The number of rotatable bonds is 4. The molecule has 0 radical (unpaired) electrons. The van der Waals surface area contributed by atoms with Crippen LogP contribution in [0.15, 0.2) is 24.5 Å². The van der Waals surface area contributed by atoms with Crippen LogP contribution in [0, 0.1) is 0 Å². The predicted molar refractivity (Wildman–Crippen MR) is 52.7 cm³/mol. The topological polar surface area (TPSA) is 76.1 Å². The minimum absolute atomic E-state index is 0.0451. The maximum Gasteiger partial charge on any atom is 0.379 e. The second kappa shape index (κ2) is 6.78. The Bertz CT molecular complexity index is 268. The number of esters is 1. The van der Waals surface area contributed by atoms with Gasteiger partial charge in [0, 0.05) is 18.6 Å². The van der Waals surface area contributed by atoms with E-state index in [1.165, 1.54) is 0 Å². The van der Waals surface area contributed by atoms with Gasteiger partial charge in [-0.25, -0.2) is 9.59 Å². The van der Waals surface area contributed by atoms with Crippen LogP contribution in [0.2, 0.25) is 0 Å². The van der Waals surface area contributed by atoms with Gasteiger partial charge >= 0.3 is 11.9 Å². The molecule has 1 rings (SSSR count). The van der Waals surface area contributed by atoms with Crippen molar-refractivity contribution in [1.82, 2.24) is 0 Å². The van der Waals surface area contributed by atoms with E-state index in [1.54, 1.807) is 6.92 Å². The lowest BCUT2D eigenvalue weighted by Gasteiger charge is -2.00. The van der Waals surface area contributed by atoms with Gasteiger partial charge in [0.2, 0.25) is 5.76 Å². The Morgan fingerprint density at radius 3 is 2.33 bits per heavy atom. The van der Waals surface area contributed by atoms with Gasteiger partial charge in [-0.1, -0.05) is 6.58 Å². The van der Waals surface area contributed by atoms with Crippen LogP contribution in [-0.2, 0) is 19.1 Å². The number of aliphatic hydroxyl groups is 1. The highest BCUT2D eigenvalue weighted by Crippen LogP contribution is 2.11. The van der Waals surface area contributed by atoms with Crippen LogP contribution >= 0.6 is 0 Å². The van der Waals surface area contributed by atoms with Gasteiger partial charge in [-0.2, -0.15) is 0 Å². The van der Waals surface area contributed by atoms with Crippen molar-refractivity contribution in [3.8, 4) is 0 Å². The van der Waals surface area contributed by atoms with Crippen LogP contribution in [0.5, 0.6) is 0 Å². The third-order valence-corrected chi connectivity index (χ3v) is 1.29. The van der Waals surface area contributed by atoms with Crippen molar-refractivity contribution < 1.29 is 24.2 Å². The summed E-state index contributed by atoms with van der Waals surface area (Å²) in [6.45, 7) is 8.47. The summed E-state index contributed by atoms with van der Waals surface area (Å²) in [5.41, 5.74) is 0.387. The first-order valence-electron chi connectivity index (χ1n) is 4.33. The zero-order chi connectivity index (χ0) is 11.8. The quantitative estimate of drug-likeness (QED) is 0.320. The van der Waals surface area contributed by atoms with Crippen molar-refractivity contribution in [2.75, 3.05) is 13.2 Å². The summed E-state index contributed by atoms with van der Waals surface area (Å²) in [7, 11) is 0. The van der Waals surface area contributed by atoms with Gasteiger partial charge in [0.1, 0.15) is 0 Å². The molecule has 84 valence electrons. The summed E-state index contributed by atoms with van der Waals surface area (Å²) >= 11 is 0. The summed E-state index contributed by atoms with van der Waals surface area (Å²) in [5, 5.41) is 8.30. The number of cyclic esters (lactones) is 1. The van der Waals surface area contributed by atoms with Crippen molar-refractivity contribution in [3.05, 3.63) is 24.5 Å². The van der Waals surface area contributed by atoms with E-state index in [2.05, 4.69) is 22.6 Å². The standard InChI is InChI=1S/C7H12O3.C3H2O2/c1-6(2)7(9)10-5-3-4-8;1-2-3(4)5-2/h8H,1,3-5H2,2H3;1H2. The molecule has 1 heterocycles. The van der Waals surface area contributed by atoms with Crippen molar-refractivity contribution in [1.29, 1.82) is 0 Å². The minimum atomic E-state index is -0.395. The molecule has 0 aromatic carbocycles. The molecule has 0 saturated carbocycles. The third-order valence-electron chi connectivity index (χ3n) is 1.29. The predicted octanol–water partition coefficient (Wildman–Crippen LogP) is 0.545. The Hall–Kier alpha value is -1.62. The van der Waals surface area contributed by atoms with E-state index >= 15 is 0 Å². The summed E-state index contributed by atoms with van der Waals surface area (Å²) in [5.74, 6) is -0.386. The molecule has 0 unspecified atom stereocenters. The number of hydrogen-bond acceptors (Lipinski definition) is 5. The molecule has 1 aliphatic rings. The summed E-state index contributed by atoms with van der Waals surface area (Å²) in [6, 6.07) is 0. The molecule has 1 saturated heterocycles. The smallest absolute Gasteiger partial charge is 0.379 e. The van der Waals surface area contributed by atoms with Gasteiger partial charge in [0.05, 0.1) is 6.61 Å². The third kappa shape index (κ3) is 7.45. The molecule has 1 fully saturated rings. The largest absolute Gasteiger partial charge is 0.462 e. The molecule has 0 bridgehead atoms. The zero-order valence-electron chi connectivity index (χ0n) is 8.62. The molecular formula is C10H14O5. The van der Waals surface area contributed by atoms with E-state index < -0.39 is 5.97 Å². The van der Waals surface area contributed by atoms with Gasteiger partial charge in [-0.3, -0.25) is 0 Å². The maximum atomic E-state index is 10.6. The molecule has 5 nitrogen and oxygen atoms in total. The van der Waals surface area contributed by atoms with Crippen LogP contribution in [0.1, 0.15) is 13.3 Å². The Morgan fingerprint density at radius 1 is 1.60 bits per heavy atom. The average Bonchev–Trinajstić information content (AvgIpc) is 2.81. The molecule has 1 aliphatic heterocycles. The van der Waals surface area contributed by atoms with E-state index in [0.29, 0.717) is 12.0 Å². The minimum Gasteiger partial charge on any atom is -0.462 e. The second-order valence-corrected chi connectivity index (χ2v) is 2.81. The molecule has 0 amide bonds. The lowest BCUT2D eigenvalue weighted by Crippen LogP contribution is -2.06. The molecule has 0 atom stereocenters. The normalized spacial score (nSPS) is 12.1. The Balaban J connectivity index is 0.000000322. The highest BCUT2D eigenvalue weighted by atomic mass is 16.6. The van der Waals surface area contributed by atoms with Gasteiger partial charge in [0.25, 0.3) is 0 Å². The van der Waals surface area contributed by atoms with Crippen LogP contribution in [0.4, 0.5) is 0 Å². The lowest BCUT2D eigenvalue weighted by atomic mass is 10.4. The van der Waals surface area contributed by atoms with Crippen LogP contribution < -0.4 is 0 Å². The lowest BCUT2D eigenvalue weighted by molar-refractivity contribution is -0.139. The fourth-order valence-corrected chi connectivity index (χ4v) is 0.439. The van der Waals surface area contributed by atoms with Crippen molar-refractivity contribution in [3.63, 3.8) is 0 Å². The SMILES string of the molecule is C=C(C)C(=O)OCCCO.C=C1OC1=O. The van der Waals surface area contributed by atoms with Gasteiger partial charge in [-0.05, 0) is 13.5 Å². The first kappa shape index (κ1) is 13.4. The Kier molecular flexibility index (Phi) is 6.05. The number of hydrogen-bond donors (Lipinski definition) is 1. The molecule has 0 aromatic rings. The zero-order valence-corrected chi connectivity index (χ0v) is 8.62. The number of carbonyl (C=O) groups excluding carboxylic acids is 2. The number of epoxide rings is 1. The molecule has 0 aliphatic carbocycles. The number of aliphatic hydroxyl groups excluding tert-OH is 1. The number of carbonyl (C=O) groups is 2. The fourth-order valence-electron chi connectivity index (χ4n) is 0.439. The fraction of sp³-hybridized carbons (Fsp3) is 0.400. The van der Waals surface area contributed by atoms with E-state index in [1.807, 2.05) is 0 Å². The van der Waals surface area contributed by atoms with Crippen LogP contribution in [0.25, 0.3) is 0 Å². The summed E-state index contributed by atoms with van der Waals surface area (Å²) < 4.78 is 8.73. The molecule has 5 heteroatoms. The molecule has 1 N–H and O–H groups in total. The second-order valence-electron chi connectivity index (χ2n) is 2.81. The van der Waals surface area contributed by atoms with Crippen molar-refractivity contribution >= 4 is 11.9 Å². The monoisotopic (exact) mass is 214 g/mol. The van der Waals surface area contributed by atoms with Crippen LogP contribution in [0.3, 0.4) is 0 Å². The van der Waals surface area contributed by atoms with Crippen LogP contribution in [-0.4, -0.2) is 30.3 Å². The average molecular weight is 214 g/mol. The summed E-state index contributed by atoms with van der Waals surface area (Å²) in [6.07, 6.45) is 0.485. The molecule has 0 spiro atoms. The first-order chi connectivity index (χ1) is 6.99. The van der Waals surface area contributed by atoms with Crippen molar-refractivity contribution in [2.24, 2.45) is 0 Å². The molecule has 0 aromatic heterocycles. The van der Waals surface area contributed by atoms with Crippen molar-refractivity contribution in [2.45, 2.75) is 13.3 Å². The highest BCUT2D eigenvalue weighted by molar-refractivity contribution is 5.99. The highest BCUT2D eigenvalue weighted by Gasteiger charge is 2.26. The van der Waals surface area contributed by atoms with E-state index in [-0.39, 0.29) is 24.9 Å². The van der Waals surface area contributed by atoms with E-state index in [0.717, 1.165) is 0 Å². The Labute approximate surface area is 88.0 Å². The molecule has 15 heavy (non-hydrogen) atoms. The van der Waals surface area contributed by atoms with Gasteiger partial charge in [-0.15, -0.1) is 0 Å². The molecular weight excluding hydrogens is 200 g/mol.